The van der Waals surface area contributed by atoms with Crippen LogP contribution in [0.1, 0.15) is 13.8 Å². The molecular formula is C16H18N4. The van der Waals surface area contributed by atoms with Gasteiger partial charge in [-0.1, -0.05) is 38.1 Å². The molecule has 1 spiro atoms. The molecule has 0 amide bonds. The third kappa shape index (κ3) is 1.68. The van der Waals surface area contributed by atoms with Crippen molar-refractivity contribution in [2.45, 2.75) is 19.8 Å². The van der Waals surface area contributed by atoms with E-state index in [1.165, 1.54) is 0 Å². The third-order valence-corrected chi connectivity index (χ3v) is 3.81. The van der Waals surface area contributed by atoms with Gasteiger partial charge in [0.15, 0.2) is 0 Å². The summed E-state index contributed by atoms with van der Waals surface area (Å²) >= 11 is 0. The zero-order valence-electron chi connectivity index (χ0n) is 11.6. The quantitative estimate of drug-likeness (QED) is 0.583. The molecule has 1 saturated heterocycles. The number of benzene rings is 1. The molecule has 4 heteroatoms. The van der Waals surface area contributed by atoms with Crippen molar-refractivity contribution in [3.8, 4) is 0 Å². The van der Waals surface area contributed by atoms with Crippen LogP contribution < -0.4 is 21.3 Å². The molecule has 4 nitrogen and oxygen atoms in total. The lowest BCUT2D eigenvalue weighted by molar-refractivity contribution is 0.470. The summed E-state index contributed by atoms with van der Waals surface area (Å²) in [6, 6.07) is 8.20. The Balaban J connectivity index is 1.70. The molecule has 0 radical (unpaired) electrons. The minimum Gasteiger partial charge on any atom is -0.326 e. The van der Waals surface area contributed by atoms with Gasteiger partial charge in [-0.15, -0.1) is 0 Å². The topological polar surface area (TPSA) is 48.1 Å². The summed E-state index contributed by atoms with van der Waals surface area (Å²) in [5.74, 6) is -0.525. The van der Waals surface area contributed by atoms with E-state index < -0.39 is 5.91 Å². The molecule has 2 heterocycles. The van der Waals surface area contributed by atoms with E-state index in [2.05, 4.69) is 71.6 Å². The standard InChI is InChI=1S/C16H18N4/c1-15(2)9-5-8-13-14(10-15)20-16(19-13)17-11-6-3-4-7-12(11)18-16/h3-10,17-20H,1-2H3. The number of hydrogen-bond acceptors (Lipinski definition) is 4. The number of nitrogens with one attached hydrogen (secondary N) is 4. The van der Waals surface area contributed by atoms with E-state index in [-0.39, 0.29) is 5.41 Å². The molecule has 20 heavy (non-hydrogen) atoms. The monoisotopic (exact) mass is 266 g/mol. The first kappa shape index (κ1) is 11.5. The summed E-state index contributed by atoms with van der Waals surface area (Å²) in [6.07, 6.45) is 8.66. The molecular weight excluding hydrogens is 248 g/mol. The summed E-state index contributed by atoms with van der Waals surface area (Å²) in [6.45, 7) is 4.40. The molecule has 4 rings (SSSR count). The second-order valence-corrected chi connectivity index (χ2v) is 6.11. The summed E-state index contributed by atoms with van der Waals surface area (Å²) in [5.41, 5.74) is 4.45. The highest BCUT2D eigenvalue weighted by molar-refractivity contribution is 5.76. The second-order valence-electron chi connectivity index (χ2n) is 6.11. The molecule has 0 saturated carbocycles. The Kier molecular flexibility index (Phi) is 2.06. The molecule has 1 aromatic rings. The van der Waals surface area contributed by atoms with Crippen LogP contribution in [0.4, 0.5) is 11.4 Å². The van der Waals surface area contributed by atoms with Gasteiger partial charge >= 0.3 is 0 Å². The van der Waals surface area contributed by atoms with Crippen LogP contribution in [0.3, 0.4) is 0 Å². The molecule has 1 aliphatic carbocycles. The number of rotatable bonds is 0. The van der Waals surface area contributed by atoms with Crippen LogP contribution in [-0.4, -0.2) is 5.91 Å². The highest BCUT2D eigenvalue weighted by Crippen LogP contribution is 2.37. The Bertz CT molecular complexity index is 642. The van der Waals surface area contributed by atoms with E-state index in [1.54, 1.807) is 0 Å². The summed E-state index contributed by atoms with van der Waals surface area (Å²) in [4.78, 5) is 0. The fourth-order valence-corrected chi connectivity index (χ4v) is 2.89. The van der Waals surface area contributed by atoms with Crippen molar-refractivity contribution in [1.29, 1.82) is 0 Å². The second kappa shape index (κ2) is 3.60. The Morgan fingerprint density at radius 3 is 2.20 bits per heavy atom. The lowest BCUT2D eigenvalue weighted by Crippen LogP contribution is -2.58. The average Bonchev–Trinajstić information content (AvgIpc) is 2.84. The van der Waals surface area contributed by atoms with Crippen molar-refractivity contribution >= 4 is 11.4 Å². The van der Waals surface area contributed by atoms with Crippen molar-refractivity contribution in [2.75, 3.05) is 10.6 Å². The molecule has 0 unspecified atom stereocenters. The van der Waals surface area contributed by atoms with E-state index in [4.69, 9.17) is 0 Å². The molecule has 3 aliphatic rings. The summed E-state index contributed by atoms with van der Waals surface area (Å²) < 4.78 is 0. The maximum atomic E-state index is 3.53. The molecule has 1 fully saturated rings. The number of anilines is 2. The number of allylic oxidation sites excluding steroid dienone is 4. The predicted octanol–water partition coefficient (Wildman–Crippen LogP) is 2.69. The lowest BCUT2D eigenvalue weighted by atomic mass is 9.92. The van der Waals surface area contributed by atoms with E-state index in [1.807, 2.05) is 12.1 Å². The van der Waals surface area contributed by atoms with Crippen LogP contribution in [0.25, 0.3) is 0 Å². The number of para-hydroxylation sites is 2. The Morgan fingerprint density at radius 2 is 1.50 bits per heavy atom. The molecule has 102 valence electrons. The fourth-order valence-electron chi connectivity index (χ4n) is 2.89. The van der Waals surface area contributed by atoms with Crippen molar-refractivity contribution in [1.82, 2.24) is 10.6 Å². The number of fused-ring (bicyclic) bond motifs is 2. The SMILES string of the molecule is CC1(C)C=CC=C2NC3(NC2=C1)Nc1ccccc1N3. The highest BCUT2D eigenvalue weighted by atomic mass is 15.6. The summed E-state index contributed by atoms with van der Waals surface area (Å²) in [5, 5.41) is 14.0. The first-order valence-corrected chi connectivity index (χ1v) is 6.90. The minimum absolute atomic E-state index is 0.0409. The lowest BCUT2D eigenvalue weighted by Gasteiger charge is -2.26. The Morgan fingerprint density at radius 1 is 0.850 bits per heavy atom. The van der Waals surface area contributed by atoms with Gasteiger partial charge in [-0.25, -0.2) is 0 Å². The fraction of sp³-hybridized carbons (Fsp3) is 0.250. The van der Waals surface area contributed by atoms with Crippen LogP contribution in [0.15, 0.2) is 60.0 Å². The molecule has 0 bridgehead atoms. The molecule has 1 aromatic carbocycles. The maximum Gasteiger partial charge on any atom is 0.268 e. The Labute approximate surface area is 118 Å². The first-order valence-electron chi connectivity index (χ1n) is 6.90. The van der Waals surface area contributed by atoms with Crippen LogP contribution in [-0.2, 0) is 0 Å². The summed E-state index contributed by atoms with van der Waals surface area (Å²) in [7, 11) is 0. The smallest absolute Gasteiger partial charge is 0.268 e. The molecule has 0 atom stereocenters. The Hall–Kier alpha value is -2.36. The van der Waals surface area contributed by atoms with Crippen molar-refractivity contribution < 1.29 is 0 Å². The van der Waals surface area contributed by atoms with Crippen molar-refractivity contribution in [2.24, 2.45) is 5.41 Å². The predicted molar refractivity (Wildman–Crippen MR) is 81.8 cm³/mol. The van der Waals surface area contributed by atoms with Crippen molar-refractivity contribution in [3.63, 3.8) is 0 Å². The van der Waals surface area contributed by atoms with Gasteiger partial charge < -0.3 is 21.3 Å². The van der Waals surface area contributed by atoms with Gasteiger partial charge in [-0.05, 0) is 24.3 Å². The third-order valence-electron chi connectivity index (χ3n) is 3.81. The van der Waals surface area contributed by atoms with Crippen molar-refractivity contribution in [3.05, 3.63) is 60.0 Å². The van der Waals surface area contributed by atoms with Crippen LogP contribution in [0.2, 0.25) is 0 Å². The average molecular weight is 266 g/mol. The normalized spacial score (nSPS) is 23.3. The molecule has 2 aliphatic heterocycles. The van der Waals surface area contributed by atoms with Gasteiger partial charge in [0.05, 0.1) is 22.8 Å². The van der Waals surface area contributed by atoms with E-state index in [0.29, 0.717) is 0 Å². The molecule has 0 aromatic heterocycles. The maximum absolute atomic E-state index is 3.53. The van der Waals surface area contributed by atoms with Gasteiger partial charge in [0.25, 0.3) is 5.91 Å². The van der Waals surface area contributed by atoms with Crippen LogP contribution in [0.5, 0.6) is 0 Å². The zero-order chi connectivity index (χ0) is 13.8. The largest absolute Gasteiger partial charge is 0.326 e. The van der Waals surface area contributed by atoms with Gasteiger partial charge in [0, 0.05) is 5.41 Å². The van der Waals surface area contributed by atoms with E-state index in [9.17, 15) is 0 Å². The van der Waals surface area contributed by atoms with Crippen LogP contribution >= 0.6 is 0 Å². The van der Waals surface area contributed by atoms with Gasteiger partial charge in [-0.3, -0.25) is 0 Å². The van der Waals surface area contributed by atoms with Gasteiger partial charge in [-0.2, -0.15) is 0 Å². The first-order chi connectivity index (χ1) is 9.55. The number of hydrogen-bond donors (Lipinski definition) is 4. The minimum atomic E-state index is -0.525. The zero-order valence-corrected chi connectivity index (χ0v) is 11.6. The van der Waals surface area contributed by atoms with E-state index in [0.717, 1.165) is 22.8 Å². The molecule has 4 N–H and O–H groups in total. The van der Waals surface area contributed by atoms with Gasteiger partial charge in [0.2, 0.25) is 0 Å². The van der Waals surface area contributed by atoms with E-state index >= 15 is 0 Å². The highest BCUT2D eigenvalue weighted by Gasteiger charge is 2.43. The van der Waals surface area contributed by atoms with Gasteiger partial charge in [0.1, 0.15) is 0 Å². The van der Waals surface area contributed by atoms with Crippen LogP contribution in [0, 0.1) is 5.41 Å².